The summed E-state index contributed by atoms with van der Waals surface area (Å²) in [5.74, 6) is -1.18. The number of imidazole rings is 1. The zero-order valence-corrected chi connectivity index (χ0v) is 16.5. The topological polar surface area (TPSA) is 78.0 Å². The minimum absolute atomic E-state index is 0.148. The Kier molecular flexibility index (Phi) is 5.35. The summed E-state index contributed by atoms with van der Waals surface area (Å²) in [5.41, 5.74) is 3.08. The summed E-state index contributed by atoms with van der Waals surface area (Å²) in [6, 6.07) is 13.6. The molecule has 0 spiro atoms. The number of nitrogens with zero attached hydrogens (tertiary/aromatic N) is 4. The average Bonchev–Trinajstić information content (AvgIpc) is 3.34. The van der Waals surface area contributed by atoms with E-state index < -0.39 is 18.5 Å². The first-order valence-corrected chi connectivity index (χ1v) is 9.84. The van der Waals surface area contributed by atoms with E-state index in [0.29, 0.717) is 17.0 Å². The number of pyridine rings is 1. The molecule has 0 bridgehead atoms. The summed E-state index contributed by atoms with van der Waals surface area (Å²) in [7, 11) is 0. The smallest absolute Gasteiger partial charge is 0.359 e. The van der Waals surface area contributed by atoms with Gasteiger partial charge in [0.25, 0.3) is 5.91 Å². The summed E-state index contributed by atoms with van der Waals surface area (Å²) >= 11 is 1.35. The number of carbonyl (C=O) groups is 2. The number of benzene rings is 1. The van der Waals surface area contributed by atoms with Gasteiger partial charge in [-0.15, -0.1) is 11.3 Å². The maximum atomic E-state index is 12.2. The first-order valence-electron chi connectivity index (χ1n) is 8.96. The third-order valence-corrected chi connectivity index (χ3v) is 5.05. The number of thiazole rings is 1. The highest BCUT2D eigenvalue weighted by molar-refractivity contribution is 7.07. The van der Waals surface area contributed by atoms with Gasteiger partial charge in [0.15, 0.2) is 17.1 Å². The van der Waals surface area contributed by atoms with Crippen LogP contribution in [0.5, 0.6) is 0 Å². The third kappa shape index (κ3) is 4.49. The lowest BCUT2D eigenvalue weighted by Crippen LogP contribution is -2.20. The zero-order chi connectivity index (χ0) is 20.2. The van der Waals surface area contributed by atoms with Crippen molar-refractivity contribution in [2.45, 2.75) is 13.5 Å². The van der Waals surface area contributed by atoms with Crippen LogP contribution in [0.3, 0.4) is 0 Å². The molecule has 29 heavy (non-hydrogen) atoms. The fourth-order valence-corrected chi connectivity index (χ4v) is 3.52. The van der Waals surface area contributed by atoms with Gasteiger partial charge >= 0.3 is 5.97 Å². The van der Waals surface area contributed by atoms with Crippen molar-refractivity contribution in [1.82, 2.24) is 14.0 Å². The molecular formula is C21H18N4O3S. The number of hydrogen-bond donors (Lipinski definition) is 0. The molecule has 4 rings (SSSR count). The molecular weight excluding hydrogens is 388 g/mol. The number of rotatable bonds is 5. The molecule has 146 valence electrons. The quantitative estimate of drug-likeness (QED) is 0.478. The van der Waals surface area contributed by atoms with Gasteiger partial charge < -0.3 is 13.7 Å². The molecule has 8 heteroatoms. The van der Waals surface area contributed by atoms with Crippen LogP contribution in [0.2, 0.25) is 0 Å². The Bertz CT molecular complexity index is 1200. The van der Waals surface area contributed by atoms with Gasteiger partial charge in [-0.05, 0) is 24.6 Å². The van der Waals surface area contributed by atoms with E-state index in [1.54, 1.807) is 22.9 Å². The standard InChI is InChI=1S/C21H18N4O3S/c1-15-5-7-16(8-6-15)12-25-10-11-29-21(25)23-19(26)14-28-20(27)17-13-24-9-3-2-4-18(24)22-17/h2-11,13H,12,14H2,1H3. The van der Waals surface area contributed by atoms with Crippen LogP contribution in [0.25, 0.3) is 5.65 Å². The van der Waals surface area contributed by atoms with Gasteiger partial charge in [0, 0.05) is 30.5 Å². The lowest BCUT2D eigenvalue weighted by atomic mass is 10.1. The summed E-state index contributed by atoms with van der Waals surface area (Å²) in [6.07, 6.45) is 5.22. The Labute approximate surface area is 170 Å². The summed E-state index contributed by atoms with van der Waals surface area (Å²) in [4.78, 5) is 33.2. The van der Waals surface area contributed by atoms with E-state index in [1.807, 2.05) is 59.5 Å². The van der Waals surface area contributed by atoms with Crippen molar-refractivity contribution in [3.8, 4) is 0 Å². The molecule has 1 amide bonds. The first-order chi connectivity index (χ1) is 14.1. The van der Waals surface area contributed by atoms with Crippen molar-refractivity contribution >= 4 is 28.9 Å². The second-order valence-electron chi connectivity index (χ2n) is 6.47. The summed E-state index contributed by atoms with van der Waals surface area (Å²) in [5, 5.41) is 1.86. The molecule has 0 fully saturated rings. The Morgan fingerprint density at radius 2 is 1.97 bits per heavy atom. The molecule has 1 aromatic carbocycles. The second kappa shape index (κ2) is 8.24. The van der Waals surface area contributed by atoms with Crippen molar-refractivity contribution in [2.24, 2.45) is 4.99 Å². The SMILES string of the molecule is Cc1ccc(Cn2ccsc2=NC(=O)COC(=O)c2cn3ccccc3n2)cc1. The lowest BCUT2D eigenvalue weighted by molar-refractivity contribution is -0.121. The molecule has 0 N–H and O–H groups in total. The normalized spacial score (nSPS) is 11.7. The van der Waals surface area contributed by atoms with Crippen molar-refractivity contribution in [1.29, 1.82) is 0 Å². The van der Waals surface area contributed by atoms with Gasteiger partial charge in [-0.1, -0.05) is 35.9 Å². The lowest BCUT2D eigenvalue weighted by Gasteiger charge is -2.04. The Balaban J connectivity index is 1.41. The number of aromatic nitrogens is 3. The van der Waals surface area contributed by atoms with Crippen LogP contribution >= 0.6 is 11.3 Å². The zero-order valence-electron chi connectivity index (χ0n) is 15.7. The van der Waals surface area contributed by atoms with E-state index in [9.17, 15) is 9.59 Å². The highest BCUT2D eigenvalue weighted by Crippen LogP contribution is 2.07. The van der Waals surface area contributed by atoms with Crippen LogP contribution in [0.1, 0.15) is 21.6 Å². The highest BCUT2D eigenvalue weighted by atomic mass is 32.1. The average molecular weight is 406 g/mol. The van der Waals surface area contributed by atoms with E-state index in [0.717, 1.165) is 5.56 Å². The van der Waals surface area contributed by atoms with Crippen LogP contribution in [-0.4, -0.2) is 32.4 Å². The third-order valence-electron chi connectivity index (χ3n) is 4.25. The molecule has 0 radical (unpaired) electrons. The second-order valence-corrected chi connectivity index (χ2v) is 7.35. The molecule has 0 atom stereocenters. The maximum Gasteiger partial charge on any atom is 0.359 e. The molecule has 0 aliphatic carbocycles. The van der Waals surface area contributed by atoms with Gasteiger partial charge in [0.1, 0.15) is 5.65 Å². The molecule has 0 saturated heterocycles. The van der Waals surface area contributed by atoms with Gasteiger partial charge in [0.05, 0.1) is 0 Å². The number of fused-ring (bicyclic) bond motifs is 1. The van der Waals surface area contributed by atoms with Crippen molar-refractivity contribution in [3.63, 3.8) is 0 Å². The summed E-state index contributed by atoms with van der Waals surface area (Å²) in [6.45, 7) is 2.21. The van der Waals surface area contributed by atoms with Crippen LogP contribution in [-0.2, 0) is 16.1 Å². The minimum Gasteiger partial charge on any atom is -0.451 e. The molecule has 4 aromatic rings. The molecule has 3 heterocycles. The highest BCUT2D eigenvalue weighted by Gasteiger charge is 2.14. The van der Waals surface area contributed by atoms with E-state index in [2.05, 4.69) is 9.98 Å². The first kappa shape index (κ1) is 18.8. The molecule has 0 saturated carbocycles. The van der Waals surface area contributed by atoms with Crippen LogP contribution in [0, 0.1) is 6.92 Å². The van der Waals surface area contributed by atoms with Crippen molar-refractivity contribution in [3.05, 3.63) is 88.1 Å². The molecule has 0 aliphatic rings. The maximum absolute atomic E-state index is 12.2. The Morgan fingerprint density at radius 1 is 1.14 bits per heavy atom. The van der Waals surface area contributed by atoms with Crippen molar-refractivity contribution < 1.29 is 14.3 Å². The molecule has 0 aliphatic heterocycles. The van der Waals surface area contributed by atoms with Crippen molar-refractivity contribution in [2.75, 3.05) is 6.61 Å². The Morgan fingerprint density at radius 3 is 2.76 bits per heavy atom. The summed E-state index contributed by atoms with van der Waals surface area (Å²) < 4.78 is 8.67. The number of hydrogen-bond acceptors (Lipinski definition) is 5. The predicted octanol–water partition coefficient (Wildman–Crippen LogP) is 2.84. The van der Waals surface area contributed by atoms with Gasteiger partial charge in [-0.25, -0.2) is 9.78 Å². The van der Waals surface area contributed by atoms with Gasteiger partial charge in [0.2, 0.25) is 0 Å². The fraction of sp³-hybridized carbons (Fsp3) is 0.143. The number of aryl methyl sites for hydroxylation is 1. The van der Waals surface area contributed by atoms with Gasteiger partial charge in [-0.2, -0.15) is 4.99 Å². The van der Waals surface area contributed by atoms with Crippen LogP contribution in [0.15, 0.2) is 71.4 Å². The minimum atomic E-state index is -0.657. The monoisotopic (exact) mass is 406 g/mol. The molecule has 3 aromatic heterocycles. The fourth-order valence-electron chi connectivity index (χ4n) is 2.77. The largest absolute Gasteiger partial charge is 0.451 e. The molecule has 7 nitrogen and oxygen atoms in total. The van der Waals surface area contributed by atoms with Crippen LogP contribution < -0.4 is 4.80 Å². The van der Waals surface area contributed by atoms with E-state index >= 15 is 0 Å². The Hall–Kier alpha value is -3.52. The van der Waals surface area contributed by atoms with Crippen LogP contribution in [0.4, 0.5) is 0 Å². The van der Waals surface area contributed by atoms with E-state index in [-0.39, 0.29) is 5.69 Å². The van der Waals surface area contributed by atoms with Gasteiger partial charge in [-0.3, -0.25) is 4.79 Å². The number of esters is 1. The van der Waals surface area contributed by atoms with E-state index in [4.69, 9.17) is 4.74 Å². The molecule has 0 unspecified atom stereocenters. The predicted molar refractivity (Wildman–Crippen MR) is 109 cm³/mol. The number of carbonyl (C=O) groups excluding carboxylic acids is 2. The number of amides is 1. The van der Waals surface area contributed by atoms with E-state index in [1.165, 1.54) is 16.9 Å². The number of ether oxygens (including phenoxy) is 1.